The number of benzene rings is 3. The number of cyclic esters (lactones) is 1. The molecule has 0 radical (unpaired) electrons. The monoisotopic (exact) mass is 501 g/mol. The average molecular weight is 503 g/mol. The van der Waals surface area contributed by atoms with Crippen LogP contribution < -0.4 is 9.47 Å². The van der Waals surface area contributed by atoms with Crippen molar-refractivity contribution in [2.24, 2.45) is 4.99 Å². The maximum atomic E-state index is 12.4. The molecule has 1 aliphatic rings. The van der Waals surface area contributed by atoms with Gasteiger partial charge in [-0.25, -0.2) is 9.79 Å². The van der Waals surface area contributed by atoms with Crippen molar-refractivity contribution in [1.82, 2.24) is 0 Å². The standard InChI is InChI=1S/C25H18Cl3NO4/c1-2-31-22-12-16(10-20(28)23(22)32-14-15-6-4-3-5-7-15)11-21-25(30)33-24(29-21)18-9-8-17(26)13-19(18)27/h3-13H,2,14H2,1H3/b21-11-. The molecule has 0 unspecified atom stereocenters. The summed E-state index contributed by atoms with van der Waals surface area (Å²) in [5.41, 5.74) is 2.18. The van der Waals surface area contributed by atoms with Crippen LogP contribution in [-0.2, 0) is 16.1 Å². The number of hydrogen-bond acceptors (Lipinski definition) is 5. The smallest absolute Gasteiger partial charge is 0.363 e. The van der Waals surface area contributed by atoms with Crippen molar-refractivity contribution in [1.29, 1.82) is 0 Å². The molecule has 168 valence electrons. The Morgan fingerprint density at radius 3 is 2.48 bits per heavy atom. The number of ether oxygens (including phenoxy) is 3. The molecule has 1 heterocycles. The summed E-state index contributed by atoms with van der Waals surface area (Å²) in [6, 6.07) is 18.0. The van der Waals surface area contributed by atoms with Crippen LogP contribution in [0.3, 0.4) is 0 Å². The molecule has 8 heteroatoms. The molecule has 0 amide bonds. The number of carbonyl (C=O) groups excluding carboxylic acids is 1. The predicted molar refractivity (Wildman–Crippen MR) is 130 cm³/mol. The molecule has 0 saturated heterocycles. The van der Waals surface area contributed by atoms with E-state index < -0.39 is 5.97 Å². The van der Waals surface area contributed by atoms with Crippen molar-refractivity contribution in [3.8, 4) is 11.5 Å². The topological polar surface area (TPSA) is 57.1 Å². The first-order valence-corrected chi connectivity index (χ1v) is 11.2. The van der Waals surface area contributed by atoms with Gasteiger partial charge in [0.1, 0.15) is 6.61 Å². The van der Waals surface area contributed by atoms with Gasteiger partial charge in [0.25, 0.3) is 0 Å². The van der Waals surface area contributed by atoms with Gasteiger partial charge in [0.2, 0.25) is 5.90 Å². The molecule has 0 atom stereocenters. The number of aliphatic imine (C=N–C) groups is 1. The highest BCUT2D eigenvalue weighted by molar-refractivity contribution is 6.37. The van der Waals surface area contributed by atoms with Crippen molar-refractivity contribution in [2.75, 3.05) is 6.61 Å². The largest absolute Gasteiger partial charge is 0.490 e. The van der Waals surface area contributed by atoms with E-state index in [4.69, 9.17) is 49.0 Å². The van der Waals surface area contributed by atoms with Crippen LogP contribution in [0, 0.1) is 0 Å². The van der Waals surface area contributed by atoms with Gasteiger partial charge in [-0.05, 0) is 54.5 Å². The Kier molecular flexibility index (Phi) is 7.23. The zero-order valence-electron chi connectivity index (χ0n) is 17.5. The second-order valence-corrected chi connectivity index (χ2v) is 8.25. The van der Waals surface area contributed by atoms with Gasteiger partial charge >= 0.3 is 5.97 Å². The molecule has 3 aromatic carbocycles. The molecule has 0 saturated carbocycles. The number of halogens is 3. The van der Waals surface area contributed by atoms with Crippen LogP contribution in [0.2, 0.25) is 15.1 Å². The second kappa shape index (κ2) is 10.3. The number of hydrogen-bond donors (Lipinski definition) is 0. The van der Waals surface area contributed by atoms with E-state index in [1.807, 2.05) is 37.3 Å². The van der Waals surface area contributed by atoms with E-state index >= 15 is 0 Å². The van der Waals surface area contributed by atoms with Crippen LogP contribution in [-0.4, -0.2) is 18.5 Å². The maximum Gasteiger partial charge on any atom is 0.363 e. The van der Waals surface area contributed by atoms with Gasteiger partial charge in [-0.3, -0.25) is 0 Å². The van der Waals surface area contributed by atoms with Crippen molar-refractivity contribution in [2.45, 2.75) is 13.5 Å². The quantitative estimate of drug-likeness (QED) is 0.259. The summed E-state index contributed by atoms with van der Waals surface area (Å²) in [5, 5.41) is 1.15. The van der Waals surface area contributed by atoms with Gasteiger partial charge in [-0.1, -0.05) is 65.1 Å². The van der Waals surface area contributed by atoms with E-state index in [0.717, 1.165) is 5.56 Å². The molecule has 5 nitrogen and oxygen atoms in total. The molecular weight excluding hydrogens is 485 g/mol. The Hall–Kier alpha value is -2.99. The minimum absolute atomic E-state index is 0.104. The van der Waals surface area contributed by atoms with Gasteiger partial charge in [0.15, 0.2) is 17.2 Å². The van der Waals surface area contributed by atoms with Crippen molar-refractivity contribution in [3.05, 3.63) is 98.1 Å². The third-order valence-electron chi connectivity index (χ3n) is 4.64. The molecule has 3 aromatic rings. The molecular formula is C25H18Cl3NO4. The number of rotatable bonds is 7. The van der Waals surface area contributed by atoms with Gasteiger partial charge in [-0.15, -0.1) is 0 Å². The Morgan fingerprint density at radius 1 is 0.970 bits per heavy atom. The Morgan fingerprint density at radius 2 is 1.76 bits per heavy atom. The lowest BCUT2D eigenvalue weighted by atomic mass is 10.1. The van der Waals surface area contributed by atoms with E-state index in [0.29, 0.717) is 50.9 Å². The molecule has 1 aliphatic heterocycles. The van der Waals surface area contributed by atoms with Crippen LogP contribution in [0.25, 0.3) is 6.08 Å². The van der Waals surface area contributed by atoms with Crippen LogP contribution in [0.5, 0.6) is 11.5 Å². The Bertz CT molecular complexity index is 1260. The van der Waals surface area contributed by atoms with Gasteiger partial charge < -0.3 is 14.2 Å². The highest BCUT2D eigenvalue weighted by Gasteiger charge is 2.26. The summed E-state index contributed by atoms with van der Waals surface area (Å²) in [6.07, 6.45) is 1.56. The zero-order chi connectivity index (χ0) is 23.4. The fourth-order valence-corrected chi connectivity index (χ4v) is 3.91. The number of nitrogens with zero attached hydrogens (tertiary/aromatic N) is 1. The van der Waals surface area contributed by atoms with E-state index in [1.165, 1.54) is 0 Å². The SMILES string of the molecule is CCOc1cc(/C=C2\N=C(c3ccc(Cl)cc3Cl)OC2=O)cc(Cl)c1OCc1ccccc1. The molecule has 0 bridgehead atoms. The van der Waals surface area contributed by atoms with Crippen LogP contribution >= 0.6 is 34.8 Å². The van der Waals surface area contributed by atoms with Gasteiger partial charge in [0.05, 0.1) is 22.2 Å². The number of carbonyl (C=O) groups is 1. The zero-order valence-corrected chi connectivity index (χ0v) is 19.7. The van der Waals surface area contributed by atoms with E-state index in [2.05, 4.69) is 4.99 Å². The van der Waals surface area contributed by atoms with Crippen molar-refractivity contribution < 1.29 is 19.0 Å². The van der Waals surface area contributed by atoms with Gasteiger partial charge in [-0.2, -0.15) is 0 Å². The van der Waals surface area contributed by atoms with Crippen LogP contribution in [0.4, 0.5) is 0 Å². The van der Waals surface area contributed by atoms with Crippen LogP contribution in [0.15, 0.2) is 71.4 Å². The third-order valence-corrected chi connectivity index (χ3v) is 5.47. The first-order valence-electron chi connectivity index (χ1n) is 10.1. The fourth-order valence-electron chi connectivity index (χ4n) is 3.15. The Balaban J connectivity index is 1.63. The van der Waals surface area contributed by atoms with Gasteiger partial charge in [0, 0.05) is 5.02 Å². The molecule has 0 spiro atoms. The average Bonchev–Trinajstić information content (AvgIpc) is 3.14. The maximum absolute atomic E-state index is 12.4. The molecule has 0 aliphatic carbocycles. The minimum atomic E-state index is -0.602. The lowest BCUT2D eigenvalue weighted by Gasteiger charge is -2.14. The lowest BCUT2D eigenvalue weighted by molar-refractivity contribution is -0.129. The molecule has 33 heavy (non-hydrogen) atoms. The summed E-state index contributed by atoms with van der Waals surface area (Å²) in [4.78, 5) is 16.7. The molecule has 0 aromatic heterocycles. The van der Waals surface area contributed by atoms with Crippen molar-refractivity contribution >= 4 is 52.7 Å². The predicted octanol–water partition coefficient (Wildman–Crippen LogP) is 6.97. The van der Waals surface area contributed by atoms with E-state index in [-0.39, 0.29) is 11.6 Å². The molecule has 0 N–H and O–H groups in total. The fraction of sp³-hybridized carbons (Fsp3) is 0.120. The third kappa shape index (κ3) is 5.50. The first kappa shape index (κ1) is 23.2. The van der Waals surface area contributed by atoms with E-state index in [1.54, 1.807) is 36.4 Å². The highest BCUT2D eigenvalue weighted by Crippen LogP contribution is 2.38. The molecule has 0 fully saturated rings. The summed E-state index contributed by atoms with van der Waals surface area (Å²) in [6.45, 7) is 2.61. The first-order chi connectivity index (χ1) is 15.9. The lowest BCUT2D eigenvalue weighted by Crippen LogP contribution is -2.06. The van der Waals surface area contributed by atoms with E-state index in [9.17, 15) is 4.79 Å². The minimum Gasteiger partial charge on any atom is -0.490 e. The highest BCUT2D eigenvalue weighted by atomic mass is 35.5. The summed E-state index contributed by atoms with van der Waals surface area (Å²) >= 11 is 18.6. The van der Waals surface area contributed by atoms with Crippen LogP contribution in [0.1, 0.15) is 23.6 Å². The second-order valence-electron chi connectivity index (χ2n) is 7.00. The normalized spacial score (nSPS) is 14.2. The summed E-state index contributed by atoms with van der Waals surface area (Å²) < 4.78 is 17.0. The Labute approximate surface area is 206 Å². The molecule has 4 rings (SSSR count). The summed E-state index contributed by atoms with van der Waals surface area (Å²) in [7, 11) is 0. The van der Waals surface area contributed by atoms with Crippen molar-refractivity contribution in [3.63, 3.8) is 0 Å². The number of esters is 1. The summed E-state index contributed by atoms with van der Waals surface area (Å²) in [5.74, 6) is 0.390.